The third-order valence-electron chi connectivity index (χ3n) is 1.77. The molecule has 66 valence electrons. The van der Waals surface area contributed by atoms with Crippen LogP contribution < -0.4 is 0 Å². The first-order valence-corrected chi connectivity index (χ1v) is 5.67. The quantitative estimate of drug-likeness (QED) is 0.438. The van der Waals surface area contributed by atoms with Crippen molar-refractivity contribution >= 4 is 9.52 Å². The molecule has 0 aliphatic rings. The van der Waals surface area contributed by atoms with E-state index >= 15 is 0 Å². The molecule has 0 atom stereocenters. The van der Waals surface area contributed by atoms with Gasteiger partial charge in [-0.15, -0.1) is 5.70 Å². The zero-order valence-corrected chi connectivity index (χ0v) is 9.75. The van der Waals surface area contributed by atoms with Gasteiger partial charge in [-0.25, -0.2) is 0 Å². The molecule has 0 aliphatic carbocycles. The Kier molecular flexibility index (Phi) is 5.46. The third-order valence-corrected chi connectivity index (χ3v) is 4.40. The molecule has 11 heavy (non-hydrogen) atoms. The summed E-state index contributed by atoms with van der Waals surface area (Å²) in [5.41, 5.74) is 2.34. The van der Waals surface area contributed by atoms with Gasteiger partial charge in [0, 0.05) is 5.79 Å². The minimum Gasteiger partial charge on any atom is -0.297 e. The van der Waals surface area contributed by atoms with Gasteiger partial charge in [-0.1, -0.05) is 6.08 Å². The van der Waals surface area contributed by atoms with Crippen LogP contribution in [0.4, 0.5) is 0 Å². The van der Waals surface area contributed by atoms with Gasteiger partial charge >= 0.3 is 0 Å². The maximum Gasteiger partial charge on any atom is 0.0826 e. The second-order valence-corrected chi connectivity index (χ2v) is 4.89. The SMILES string of the molecule is CC=C[SiH2]C(N(C)C)N(C)C. The molecule has 0 heterocycles. The second kappa shape index (κ2) is 5.52. The van der Waals surface area contributed by atoms with Crippen molar-refractivity contribution in [3.63, 3.8) is 0 Å². The van der Waals surface area contributed by atoms with E-state index in [-0.39, 0.29) is 9.52 Å². The van der Waals surface area contributed by atoms with E-state index in [2.05, 4.69) is 56.7 Å². The molecule has 0 spiro atoms. The summed E-state index contributed by atoms with van der Waals surface area (Å²) in [7, 11) is 8.46. The van der Waals surface area contributed by atoms with Crippen LogP contribution in [0, 0.1) is 0 Å². The van der Waals surface area contributed by atoms with Crippen LogP contribution in [0.1, 0.15) is 6.92 Å². The van der Waals surface area contributed by atoms with Gasteiger partial charge in [0.1, 0.15) is 0 Å². The van der Waals surface area contributed by atoms with Crippen LogP contribution in [0.25, 0.3) is 0 Å². The van der Waals surface area contributed by atoms with Gasteiger partial charge in [0.05, 0.1) is 9.52 Å². The van der Waals surface area contributed by atoms with E-state index in [9.17, 15) is 0 Å². The summed E-state index contributed by atoms with van der Waals surface area (Å²) in [5, 5.41) is 0. The number of nitrogens with zero attached hydrogens (tertiary/aromatic N) is 2. The Bertz CT molecular complexity index is 113. The van der Waals surface area contributed by atoms with Gasteiger partial charge < -0.3 is 0 Å². The van der Waals surface area contributed by atoms with Gasteiger partial charge in [-0.3, -0.25) is 9.80 Å². The molecule has 0 saturated carbocycles. The molecule has 0 amide bonds. The number of rotatable bonds is 4. The molecule has 0 fully saturated rings. The van der Waals surface area contributed by atoms with Gasteiger partial charge in [0.2, 0.25) is 0 Å². The number of hydrogen-bond acceptors (Lipinski definition) is 2. The van der Waals surface area contributed by atoms with Crippen LogP contribution in [-0.4, -0.2) is 53.3 Å². The molecule has 0 aromatic heterocycles. The molecule has 0 saturated heterocycles. The molecule has 3 heteroatoms. The van der Waals surface area contributed by atoms with E-state index in [1.54, 1.807) is 0 Å². The van der Waals surface area contributed by atoms with E-state index < -0.39 is 0 Å². The topological polar surface area (TPSA) is 6.48 Å². The van der Waals surface area contributed by atoms with Gasteiger partial charge in [0.15, 0.2) is 0 Å². The Hall–Kier alpha value is -0.123. The second-order valence-electron chi connectivity index (χ2n) is 3.21. The zero-order chi connectivity index (χ0) is 8.85. The summed E-state index contributed by atoms with van der Waals surface area (Å²) in [5.74, 6) is 0.659. The highest BCUT2D eigenvalue weighted by atomic mass is 28.2. The molecule has 0 radical (unpaired) electrons. The maximum absolute atomic E-state index is 2.34. The molecule has 2 nitrogen and oxygen atoms in total. The minimum atomic E-state index is -0.0984. The predicted molar refractivity (Wildman–Crippen MR) is 54.5 cm³/mol. The lowest BCUT2D eigenvalue weighted by molar-refractivity contribution is 0.202. The van der Waals surface area contributed by atoms with Crippen molar-refractivity contribution in [2.24, 2.45) is 0 Å². The Morgan fingerprint density at radius 3 is 1.82 bits per heavy atom. The third kappa shape index (κ3) is 4.34. The van der Waals surface area contributed by atoms with Crippen molar-refractivity contribution in [2.75, 3.05) is 28.2 Å². The largest absolute Gasteiger partial charge is 0.297 e. The van der Waals surface area contributed by atoms with Crippen molar-refractivity contribution in [3.8, 4) is 0 Å². The van der Waals surface area contributed by atoms with Crippen LogP contribution in [0.3, 0.4) is 0 Å². The average molecular weight is 172 g/mol. The standard InChI is InChI=1S/C8H20N2Si/c1-6-7-11-8(9(2)3)10(4)5/h6-8H,11H2,1-5H3. The molecule has 0 aliphatic heterocycles. The smallest absolute Gasteiger partial charge is 0.0826 e. The summed E-state index contributed by atoms with van der Waals surface area (Å²) in [6.07, 6.45) is 2.16. The Balaban J connectivity index is 3.89. The normalized spacial score (nSPS) is 13.8. The monoisotopic (exact) mass is 172 g/mol. The van der Waals surface area contributed by atoms with Gasteiger partial charge in [-0.2, -0.15) is 0 Å². The fourth-order valence-corrected chi connectivity index (χ4v) is 2.50. The van der Waals surface area contributed by atoms with Gasteiger partial charge in [0.25, 0.3) is 0 Å². The summed E-state index contributed by atoms with van der Waals surface area (Å²) in [6, 6.07) is 0. The molecule has 0 aromatic carbocycles. The van der Waals surface area contributed by atoms with Crippen LogP contribution in [-0.2, 0) is 0 Å². The first kappa shape index (κ1) is 10.9. The lowest BCUT2D eigenvalue weighted by Crippen LogP contribution is -2.44. The van der Waals surface area contributed by atoms with Crippen molar-refractivity contribution in [3.05, 3.63) is 11.8 Å². The van der Waals surface area contributed by atoms with Gasteiger partial charge in [-0.05, 0) is 35.1 Å². The fourth-order valence-electron chi connectivity index (χ4n) is 1.14. The summed E-state index contributed by atoms with van der Waals surface area (Å²) >= 11 is 0. The number of allylic oxidation sites excluding steroid dienone is 1. The molecule has 0 rings (SSSR count). The predicted octanol–water partition coefficient (Wildman–Crippen LogP) is 0.0956. The summed E-state index contributed by atoms with van der Waals surface area (Å²) < 4.78 is 0. The van der Waals surface area contributed by atoms with Crippen molar-refractivity contribution in [1.29, 1.82) is 0 Å². The molecule has 0 N–H and O–H groups in total. The van der Waals surface area contributed by atoms with Crippen LogP contribution in [0.5, 0.6) is 0 Å². The highest BCUT2D eigenvalue weighted by Gasteiger charge is 2.10. The zero-order valence-electron chi connectivity index (χ0n) is 8.33. The Morgan fingerprint density at radius 1 is 1.09 bits per heavy atom. The first-order valence-electron chi connectivity index (χ1n) is 4.03. The molecule has 0 aromatic rings. The highest BCUT2D eigenvalue weighted by Crippen LogP contribution is 1.94. The molecular formula is C8H20N2Si. The van der Waals surface area contributed by atoms with Crippen molar-refractivity contribution in [2.45, 2.75) is 12.7 Å². The maximum atomic E-state index is 2.34. The lowest BCUT2D eigenvalue weighted by Gasteiger charge is -2.29. The average Bonchev–Trinajstić information content (AvgIpc) is 1.87. The fraction of sp³-hybridized carbons (Fsp3) is 0.750. The molecular weight excluding hydrogens is 152 g/mol. The van der Waals surface area contributed by atoms with Crippen LogP contribution in [0.15, 0.2) is 11.8 Å². The number of hydrogen-bond donors (Lipinski definition) is 0. The molecule has 0 bridgehead atoms. The first-order chi connectivity index (χ1) is 5.09. The minimum absolute atomic E-state index is 0.0984. The van der Waals surface area contributed by atoms with E-state index in [1.165, 1.54) is 0 Å². The summed E-state index contributed by atoms with van der Waals surface area (Å²) in [6.45, 7) is 2.09. The Labute approximate surface area is 72.7 Å². The van der Waals surface area contributed by atoms with E-state index in [0.717, 1.165) is 0 Å². The summed E-state index contributed by atoms with van der Waals surface area (Å²) in [4.78, 5) is 4.57. The van der Waals surface area contributed by atoms with E-state index in [4.69, 9.17) is 0 Å². The van der Waals surface area contributed by atoms with Crippen LogP contribution >= 0.6 is 0 Å². The van der Waals surface area contributed by atoms with E-state index in [1.807, 2.05) is 0 Å². The van der Waals surface area contributed by atoms with Crippen molar-refractivity contribution in [1.82, 2.24) is 9.80 Å². The highest BCUT2D eigenvalue weighted by molar-refractivity contribution is 6.43. The Morgan fingerprint density at radius 2 is 1.55 bits per heavy atom. The van der Waals surface area contributed by atoms with E-state index in [0.29, 0.717) is 5.79 Å². The van der Waals surface area contributed by atoms with Crippen LogP contribution in [0.2, 0.25) is 0 Å². The molecule has 0 unspecified atom stereocenters. The lowest BCUT2D eigenvalue weighted by atomic mass is 10.7. The van der Waals surface area contributed by atoms with Crippen molar-refractivity contribution < 1.29 is 0 Å².